The molecule has 1 amide bonds. The zero-order valence-corrected chi connectivity index (χ0v) is 22.3. The van der Waals surface area contributed by atoms with Gasteiger partial charge in [-0.25, -0.2) is 0 Å². The number of hydrogen-bond donors (Lipinski definition) is 1. The zero-order chi connectivity index (χ0) is 28.0. The minimum Gasteiger partial charge on any atom is -0.322 e. The highest BCUT2D eigenvalue weighted by Crippen LogP contribution is 2.47. The Bertz CT molecular complexity index is 1600. The summed E-state index contributed by atoms with van der Waals surface area (Å²) in [6.45, 7) is -3.09. The Labute approximate surface area is 232 Å². The minimum atomic E-state index is -3.09. The summed E-state index contributed by atoms with van der Waals surface area (Å²) in [5.41, 5.74) is 0.604. The van der Waals surface area contributed by atoms with Crippen molar-refractivity contribution in [3.8, 4) is 0 Å². The van der Waals surface area contributed by atoms with Gasteiger partial charge in [0.2, 0.25) is 0 Å². The molecule has 0 aliphatic heterocycles. The molecule has 0 bridgehead atoms. The normalized spacial score (nSPS) is 10.9. The summed E-state index contributed by atoms with van der Waals surface area (Å²) >= 11 is 0. The molecule has 0 fully saturated rings. The van der Waals surface area contributed by atoms with E-state index in [9.17, 15) is 19.7 Å². The number of ketones is 1. The van der Waals surface area contributed by atoms with Crippen LogP contribution in [0.25, 0.3) is 0 Å². The van der Waals surface area contributed by atoms with Gasteiger partial charge in [0.05, 0.1) is 10.2 Å². The lowest BCUT2D eigenvalue weighted by Gasteiger charge is -2.32. The molecule has 0 radical (unpaired) electrons. The number of nitro benzene ring substituents is 1. The average molecular weight is 545 g/mol. The summed E-state index contributed by atoms with van der Waals surface area (Å²) < 4.78 is 0. The number of nitrogens with zero attached hydrogens (tertiary/aromatic N) is 1. The van der Waals surface area contributed by atoms with Gasteiger partial charge in [0.25, 0.3) is 11.6 Å². The van der Waals surface area contributed by atoms with Crippen LogP contribution in [0.3, 0.4) is 0 Å². The fourth-order valence-electron chi connectivity index (χ4n) is 4.78. The van der Waals surface area contributed by atoms with Gasteiger partial charge in [0.15, 0.2) is 5.78 Å². The number of rotatable bonds is 8. The number of carbonyl (C=O) groups is 2. The largest absolute Gasteiger partial charge is 0.322 e. The van der Waals surface area contributed by atoms with E-state index in [1.807, 2.05) is 97.1 Å². The summed E-state index contributed by atoms with van der Waals surface area (Å²) in [4.78, 5) is 39.8. The van der Waals surface area contributed by atoms with E-state index in [2.05, 4.69) is 5.32 Å². The Kier molecular flexibility index (Phi) is 7.81. The molecule has 7 heteroatoms. The predicted octanol–water partition coefficient (Wildman–Crippen LogP) is 5.58. The third-order valence-corrected chi connectivity index (χ3v) is 10.9. The first-order valence-corrected chi connectivity index (χ1v) is 14.4. The van der Waals surface area contributed by atoms with Gasteiger partial charge in [-0.1, -0.05) is 109 Å². The lowest BCUT2D eigenvalue weighted by atomic mass is 10.1. The maximum atomic E-state index is 14.6. The summed E-state index contributed by atoms with van der Waals surface area (Å²) in [6.07, 6.45) is 0. The Balaban J connectivity index is 1.92. The molecule has 1 N–H and O–H groups in total. The Hall–Kier alpha value is -5.06. The second kappa shape index (κ2) is 11.8. The number of carbonyl (C=O) groups excluding carboxylic acids is 2. The number of amides is 1. The molecule has 0 aliphatic rings. The van der Waals surface area contributed by atoms with Crippen LogP contribution in [0.15, 0.2) is 146 Å². The van der Waals surface area contributed by atoms with Crippen molar-refractivity contribution in [3.05, 3.63) is 161 Å². The van der Waals surface area contributed by atoms with Crippen LogP contribution in [0.1, 0.15) is 10.4 Å². The van der Waals surface area contributed by atoms with E-state index in [1.165, 1.54) is 24.3 Å². The quantitative estimate of drug-likeness (QED) is 0.0908. The van der Waals surface area contributed by atoms with Gasteiger partial charge < -0.3 is 5.32 Å². The maximum absolute atomic E-state index is 14.6. The van der Waals surface area contributed by atoms with Crippen LogP contribution in [0.5, 0.6) is 0 Å². The van der Waals surface area contributed by atoms with Crippen LogP contribution in [-0.2, 0) is 4.79 Å². The van der Waals surface area contributed by atoms with E-state index >= 15 is 0 Å². The van der Waals surface area contributed by atoms with Crippen LogP contribution in [0.2, 0.25) is 0 Å². The van der Waals surface area contributed by atoms with E-state index in [-0.39, 0.29) is 16.5 Å². The number of nitrogens with one attached hydrogen (secondary N) is 1. The Morgan fingerprint density at radius 1 is 0.575 bits per heavy atom. The summed E-state index contributed by atoms with van der Waals surface area (Å²) in [6, 6.07) is 43.2. The lowest BCUT2D eigenvalue weighted by Crippen LogP contribution is -2.40. The molecule has 0 aromatic heterocycles. The first-order valence-electron chi connectivity index (χ1n) is 12.6. The highest BCUT2D eigenvalue weighted by molar-refractivity contribution is 7.97. The monoisotopic (exact) mass is 544 g/mol. The molecule has 0 unspecified atom stereocenters. The van der Waals surface area contributed by atoms with Crippen LogP contribution in [0, 0.1) is 10.1 Å². The van der Waals surface area contributed by atoms with E-state index in [1.54, 1.807) is 24.3 Å². The van der Waals surface area contributed by atoms with Crippen molar-refractivity contribution in [1.29, 1.82) is 0 Å². The molecule has 196 valence electrons. The second-order valence-corrected chi connectivity index (χ2v) is 12.3. The van der Waals surface area contributed by atoms with Crippen molar-refractivity contribution in [3.63, 3.8) is 0 Å². The first-order chi connectivity index (χ1) is 19.5. The van der Waals surface area contributed by atoms with Gasteiger partial charge in [-0.05, 0) is 47.1 Å². The van der Waals surface area contributed by atoms with Crippen LogP contribution < -0.4 is 21.2 Å². The molecule has 5 aromatic carbocycles. The maximum Gasteiger partial charge on any atom is 0.269 e. The minimum absolute atomic E-state index is 0.0776. The molecule has 0 spiro atoms. The molecule has 0 atom stereocenters. The van der Waals surface area contributed by atoms with Crippen molar-refractivity contribution in [1.82, 2.24) is 0 Å². The fourth-order valence-corrected chi connectivity index (χ4v) is 9.10. The van der Waals surface area contributed by atoms with Crippen molar-refractivity contribution in [2.24, 2.45) is 0 Å². The summed E-state index contributed by atoms with van der Waals surface area (Å²) in [5, 5.41) is 16.8. The molecule has 5 rings (SSSR count). The highest BCUT2D eigenvalue weighted by atomic mass is 31.2. The van der Waals surface area contributed by atoms with E-state index in [4.69, 9.17) is 0 Å². The number of benzene rings is 5. The van der Waals surface area contributed by atoms with Gasteiger partial charge >= 0.3 is 0 Å². The third-order valence-electron chi connectivity index (χ3n) is 6.57. The highest BCUT2D eigenvalue weighted by Gasteiger charge is 2.37. The van der Waals surface area contributed by atoms with Gasteiger partial charge in [-0.15, -0.1) is 0 Å². The third kappa shape index (κ3) is 5.13. The van der Waals surface area contributed by atoms with Gasteiger partial charge in [-0.3, -0.25) is 19.7 Å². The van der Waals surface area contributed by atoms with E-state index < -0.39 is 23.5 Å². The molecule has 0 saturated heterocycles. The predicted molar refractivity (Wildman–Crippen MR) is 163 cm³/mol. The number of nitro groups is 1. The van der Waals surface area contributed by atoms with Crippen molar-refractivity contribution < 1.29 is 14.5 Å². The first kappa shape index (κ1) is 26.5. The molecule has 40 heavy (non-hydrogen) atoms. The number of non-ortho nitro benzene ring substituents is 1. The van der Waals surface area contributed by atoms with Crippen molar-refractivity contribution >= 4 is 51.2 Å². The lowest BCUT2D eigenvalue weighted by molar-refractivity contribution is -0.384. The fraction of sp³-hybridized carbons (Fsp3) is 0. The standard InChI is InChI=1S/C33H25N2O4P/c36-31(25-21-23-27(24-22-25)35(38)39)32(33(37)34-26-13-5-1-6-14-26)40(28-15-7-2-8-16-28,29-17-9-3-10-18-29)30-19-11-4-12-20-30/h1-24H,(H,34,37). The number of anilines is 1. The molecule has 6 nitrogen and oxygen atoms in total. The van der Waals surface area contributed by atoms with Crippen LogP contribution >= 0.6 is 6.89 Å². The van der Waals surface area contributed by atoms with E-state index in [0.29, 0.717) is 5.69 Å². The Morgan fingerprint density at radius 2 is 0.975 bits per heavy atom. The second-order valence-electron chi connectivity index (χ2n) is 8.98. The number of hydrogen-bond acceptors (Lipinski definition) is 4. The molecular weight excluding hydrogens is 519 g/mol. The number of Topliss-reactive ketones (excluding diaryl/α,β-unsaturated/α-hetero) is 1. The molecule has 5 aromatic rings. The molecule has 0 heterocycles. The summed E-state index contributed by atoms with van der Waals surface area (Å²) in [5.74, 6) is -1.02. The average Bonchev–Trinajstić information content (AvgIpc) is 3.01. The van der Waals surface area contributed by atoms with Crippen molar-refractivity contribution in [2.75, 3.05) is 5.32 Å². The van der Waals surface area contributed by atoms with Gasteiger partial charge in [0, 0.05) is 23.4 Å². The molecule has 0 saturated carbocycles. The van der Waals surface area contributed by atoms with Crippen molar-refractivity contribution in [2.45, 2.75) is 0 Å². The van der Waals surface area contributed by atoms with E-state index in [0.717, 1.165) is 15.9 Å². The smallest absolute Gasteiger partial charge is 0.269 e. The Morgan fingerprint density at radius 3 is 1.38 bits per heavy atom. The zero-order valence-electron chi connectivity index (χ0n) is 21.4. The summed E-state index contributed by atoms with van der Waals surface area (Å²) in [7, 11) is 0. The topological polar surface area (TPSA) is 89.3 Å². The van der Waals surface area contributed by atoms with Crippen LogP contribution in [-0.4, -0.2) is 21.9 Å². The molecular formula is C33H25N2O4P. The van der Waals surface area contributed by atoms with Crippen LogP contribution in [0.4, 0.5) is 11.4 Å². The van der Waals surface area contributed by atoms with Gasteiger partial charge in [-0.2, -0.15) is 0 Å². The molecule has 0 aliphatic carbocycles. The van der Waals surface area contributed by atoms with Gasteiger partial charge in [0.1, 0.15) is 0 Å². The number of para-hydroxylation sites is 1. The SMILES string of the molecule is O=C(Nc1ccccc1)C(C(=O)c1ccc([N+](=O)[O-])cc1)=P(c1ccccc1)(c1ccccc1)c1ccccc1.